The first kappa shape index (κ1) is 19.5. The molecule has 0 aliphatic rings. The molecule has 0 aromatic heterocycles. The largest absolute Gasteiger partial charge is 0.378 e. The van der Waals surface area contributed by atoms with Gasteiger partial charge in [0.05, 0.1) is 25.4 Å². The molecule has 6 heteroatoms. The Kier molecular flexibility index (Phi) is 15.4. The molecule has 0 N–H and O–H groups in total. The van der Waals surface area contributed by atoms with Crippen molar-refractivity contribution >= 4 is 23.5 Å². The van der Waals surface area contributed by atoms with Crippen molar-refractivity contribution in [3.8, 4) is 0 Å². The van der Waals surface area contributed by atoms with Crippen LogP contribution in [0.3, 0.4) is 0 Å². The predicted octanol–water partition coefficient (Wildman–Crippen LogP) is 2.51. The van der Waals surface area contributed by atoms with Crippen LogP contribution in [0.25, 0.3) is 0 Å². The predicted molar refractivity (Wildman–Crippen MR) is 84.4 cm³/mol. The third-order valence-electron chi connectivity index (χ3n) is 2.46. The van der Waals surface area contributed by atoms with E-state index >= 15 is 0 Å². The monoisotopic (exact) mass is 312 g/mol. The minimum atomic E-state index is 0.141. The smallest absolute Gasteiger partial charge is 0.146 e. The zero-order valence-electron chi connectivity index (χ0n) is 12.6. The Bertz CT molecular complexity index is 166. The van der Waals surface area contributed by atoms with Crippen molar-refractivity contribution in [2.45, 2.75) is 26.1 Å². The van der Waals surface area contributed by atoms with Crippen molar-refractivity contribution in [1.29, 1.82) is 0 Å². The zero-order valence-corrected chi connectivity index (χ0v) is 14.2. The first-order chi connectivity index (χ1) is 9.28. The number of thioether (sulfide) groups is 2. The van der Waals surface area contributed by atoms with Crippen LogP contribution in [0.4, 0.5) is 0 Å². The Hall–Kier alpha value is 0.540. The van der Waals surface area contributed by atoms with E-state index in [1.165, 1.54) is 0 Å². The van der Waals surface area contributed by atoms with E-state index in [1.807, 2.05) is 23.5 Å². The van der Waals surface area contributed by atoms with Crippen LogP contribution >= 0.6 is 23.5 Å². The number of rotatable bonds is 14. The summed E-state index contributed by atoms with van der Waals surface area (Å²) in [5.74, 6) is 4.11. The van der Waals surface area contributed by atoms with Crippen molar-refractivity contribution in [3.05, 3.63) is 0 Å². The van der Waals surface area contributed by atoms with Gasteiger partial charge in [-0.15, -0.1) is 0 Å². The van der Waals surface area contributed by atoms with Crippen LogP contribution in [0.5, 0.6) is 0 Å². The molecule has 0 radical (unpaired) electrons. The summed E-state index contributed by atoms with van der Waals surface area (Å²) in [6.07, 6.45) is 0.282. The van der Waals surface area contributed by atoms with Crippen LogP contribution in [-0.4, -0.2) is 69.4 Å². The van der Waals surface area contributed by atoms with Gasteiger partial charge in [-0.05, 0) is 11.5 Å². The van der Waals surface area contributed by atoms with E-state index in [0.717, 1.165) is 23.0 Å². The molecule has 4 nitrogen and oxygen atoms in total. The van der Waals surface area contributed by atoms with Gasteiger partial charge in [0.1, 0.15) is 6.79 Å². The summed E-state index contributed by atoms with van der Waals surface area (Å²) in [6.45, 7) is 5.73. The van der Waals surface area contributed by atoms with E-state index in [0.29, 0.717) is 20.0 Å². The fraction of sp³-hybridized carbons (Fsp3) is 1.00. The topological polar surface area (TPSA) is 36.9 Å². The first-order valence-corrected chi connectivity index (χ1v) is 8.95. The highest BCUT2D eigenvalue weighted by Crippen LogP contribution is 2.06. The normalized spacial score (nSPS) is 14.5. The highest BCUT2D eigenvalue weighted by Gasteiger charge is 2.09. The maximum atomic E-state index is 5.46. The van der Waals surface area contributed by atoms with Gasteiger partial charge in [0, 0.05) is 25.7 Å². The van der Waals surface area contributed by atoms with Crippen molar-refractivity contribution in [2.75, 3.05) is 57.2 Å². The van der Waals surface area contributed by atoms with Crippen molar-refractivity contribution < 1.29 is 18.9 Å². The molecule has 0 aromatic rings. The molecule has 0 saturated heterocycles. The Morgan fingerprint density at radius 2 is 1.21 bits per heavy atom. The van der Waals surface area contributed by atoms with Gasteiger partial charge in [0.15, 0.2) is 0 Å². The lowest BCUT2D eigenvalue weighted by Gasteiger charge is -2.17. The Labute approximate surface area is 126 Å². The summed E-state index contributed by atoms with van der Waals surface area (Å²) in [5, 5.41) is 0. The number of methoxy groups -OCH3 is 2. The average Bonchev–Trinajstić information content (AvgIpc) is 2.45. The fourth-order valence-electron chi connectivity index (χ4n) is 1.29. The van der Waals surface area contributed by atoms with Gasteiger partial charge in [-0.2, -0.15) is 23.5 Å². The molecule has 2 atom stereocenters. The van der Waals surface area contributed by atoms with E-state index in [1.54, 1.807) is 14.2 Å². The molecule has 19 heavy (non-hydrogen) atoms. The zero-order chi connectivity index (χ0) is 14.3. The standard InChI is InChI=1S/C13H28O4S2/c1-5-18-9-12(14-3)7-16-11-17-8-13(15-4)10-19-6-2/h12-13H,5-11H2,1-4H3. The molecule has 116 valence electrons. The molecule has 0 rings (SSSR count). The summed E-state index contributed by atoms with van der Waals surface area (Å²) >= 11 is 3.71. The lowest BCUT2D eigenvalue weighted by molar-refractivity contribution is -0.0997. The highest BCUT2D eigenvalue weighted by atomic mass is 32.2. The van der Waals surface area contributed by atoms with Gasteiger partial charge in [-0.1, -0.05) is 13.8 Å². The molecule has 0 aliphatic carbocycles. The first-order valence-electron chi connectivity index (χ1n) is 6.64. The van der Waals surface area contributed by atoms with Gasteiger partial charge >= 0.3 is 0 Å². The lowest BCUT2D eigenvalue weighted by atomic mass is 10.4. The van der Waals surface area contributed by atoms with Crippen LogP contribution in [0.2, 0.25) is 0 Å². The van der Waals surface area contributed by atoms with E-state index in [4.69, 9.17) is 18.9 Å². The average molecular weight is 312 g/mol. The van der Waals surface area contributed by atoms with Crippen molar-refractivity contribution in [1.82, 2.24) is 0 Å². The highest BCUT2D eigenvalue weighted by molar-refractivity contribution is 7.99. The third kappa shape index (κ3) is 12.0. The van der Waals surface area contributed by atoms with E-state index in [2.05, 4.69) is 13.8 Å². The van der Waals surface area contributed by atoms with Gasteiger partial charge in [0.2, 0.25) is 0 Å². The van der Waals surface area contributed by atoms with Crippen molar-refractivity contribution in [3.63, 3.8) is 0 Å². The minimum Gasteiger partial charge on any atom is -0.378 e. The van der Waals surface area contributed by atoms with Crippen LogP contribution < -0.4 is 0 Å². The molecule has 0 aromatic carbocycles. The SMILES string of the molecule is CCSCC(COCOCC(CSCC)OC)OC. The van der Waals surface area contributed by atoms with Gasteiger partial charge in [-0.25, -0.2) is 0 Å². The van der Waals surface area contributed by atoms with E-state index in [-0.39, 0.29) is 12.2 Å². The summed E-state index contributed by atoms with van der Waals surface area (Å²) in [4.78, 5) is 0. The molecule has 0 aliphatic heterocycles. The van der Waals surface area contributed by atoms with Gasteiger partial charge in [-0.3, -0.25) is 0 Å². The number of ether oxygens (including phenoxy) is 4. The van der Waals surface area contributed by atoms with Crippen LogP contribution in [-0.2, 0) is 18.9 Å². The second-order valence-corrected chi connectivity index (χ2v) is 6.53. The Morgan fingerprint density at radius 3 is 1.53 bits per heavy atom. The fourth-order valence-corrected chi connectivity index (χ4v) is 2.75. The molecular formula is C13H28O4S2. The molecule has 0 heterocycles. The molecule has 0 bridgehead atoms. The van der Waals surface area contributed by atoms with Crippen molar-refractivity contribution in [2.24, 2.45) is 0 Å². The second kappa shape index (κ2) is 14.9. The number of hydrogen-bond acceptors (Lipinski definition) is 6. The molecule has 0 amide bonds. The number of hydrogen-bond donors (Lipinski definition) is 0. The van der Waals surface area contributed by atoms with Gasteiger partial charge < -0.3 is 18.9 Å². The maximum Gasteiger partial charge on any atom is 0.146 e. The molecule has 0 fully saturated rings. The Morgan fingerprint density at radius 1 is 0.789 bits per heavy atom. The summed E-state index contributed by atoms with van der Waals surface area (Å²) in [5.41, 5.74) is 0. The summed E-state index contributed by atoms with van der Waals surface area (Å²) in [7, 11) is 3.43. The van der Waals surface area contributed by atoms with Crippen LogP contribution in [0.15, 0.2) is 0 Å². The summed E-state index contributed by atoms with van der Waals surface area (Å²) < 4.78 is 21.6. The van der Waals surface area contributed by atoms with Gasteiger partial charge in [0.25, 0.3) is 0 Å². The molecule has 0 saturated carbocycles. The minimum absolute atomic E-state index is 0.141. The molecule has 0 spiro atoms. The molecular weight excluding hydrogens is 284 g/mol. The van der Waals surface area contributed by atoms with Crippen LogP contribution in [0, 0.1) is 0 Å². The lowest BCUT2D eigenvalue weighted by Crippen LogP contribution is -2.25. The summed E-state index contributed by atoms with van der Waals surface area (Å²) in [6, 6.07) is 0. The Balaban J connectivity index is 3.50. The van der Waals surface area contributed by atoms with E-state index < -0.39 is 0 Å². The third-order valence-corrected chi connectivity index (χ3v) is 4.49. The second-order valence-electron chi connectivity index (χ2n) is 3.89. The quantitative estimate of drug-likeness (QED) is 0.362. The maximum absolute atomic E-state index is 5.46. The van der Waals surface area contributed by atoms with E-state index in [9.17, 15) is 0 Å². The molecule has 2 unspecified atom stereocenters. The van der Waals surface area contributed by atoms with Crippen LogP contribution in [0.1, 0.15) is 13.8 Å².